The van der Waals surface area contributed by atoms with Crippen molar-refractivity contribution in [2.45, 2.75) is 19.3 Å². The van der Waals surface area contributed by atoms with Crippen molar-refractivity contribution in [1.82, 2.24) is 0 Å². The number of hydrogen-bond donors (Lipinski definition) is 0. The summed E-state index contributed by atoms with van der Waals surface area (Å²) in [4.78, 5) is 11.9. The second kappa shape index (κ2) is 5.17. The fraction of sp³-hybridized carbons (Fsp3) is 0.308. The zero-order valence-corrected chi connectivity index (χ0v) is 9.67. The summed E-state index contributed by atoms with van der Waals surface area (Å²) in [5.74, 6) is 0.104. The predicted molar refractivity (Wildman–Crippen MR) is 63.4 cm³/mol. The molecule has 0 amide bonds. The van der Waals surface area contributed by atoms with Gasteiger partial charge in [-0.1, -0.05) is 29.8 Å². The van der Waals surface area contributed by atoms with Crippen LogP contribution in [0.25, 0.3) is 0 Å². The molecule has 0 saturated heterocycles. The van der Waals surface area contributed by atoms with Crippen molar-refractivity contribution in [3.05, 3.63) is 46.7 Å². The van der Waals surface area contributed by atoms with Gasteiger partial charge < -0.3 is 4.74 Å². The maximum atomic E-state index is 11.9. The minimum absolute atomic E-state index is 0.104. The molecular weight excluding hydrogens is 224 g/mol. The molecule has 0 bridgehead atoms. The van der Waals surface area contributed by atoms with Gasteiger partial charge in [0.15, 0.2) is 5.78 Å². The summed E-state index contributed by atoms with van der Waals surface area (Å²) in [6.45, 7) is 0.711. The average Bonchev–Trinajstić information content (AvgIpc) is 2.33. The number of Topliss-reactive ketones (excluding diaryl/α,β-unsaturated/α-hetero) is 1. The molecule has 1 aromatic rings. The molecule has 0 aromatic heterocycles. The Morgan fingerprint density at radius 1 is 1.38 bits per heavy atom. The molecule has 0 atom stereocenters. The minimum Gasteiger partial charge on any atom is -0.501 e. The molecule has 16 heavy (non-hydrogen) atoms. The third kappa shape index (κ3) is 2.64. The maximum Gasteiger partial charge on any atom is 0.166 e. The van der Waals surface area contributed by atoms with E-state index in [0.29, 0.717) is 18.1 Å². The lowest BCUT2D eigenvalue weighted by atomic mass is 10.00. The number of carbonyl (C=O) groups excluding carboxylic acids is 1. The minimum atomic E-state index is 0.104. The molecule has 1 aliphatic rings. The highest BCUT2D eigenvalue weighted by molar-refractivity contribution is 6.31. The predicted octanol–water partition coefficient (Wildman–Crippen LogP) is 3.15. The Morgan fingerprint density at radius 2 is 2.19 bits per heavy atom. The lowest BCUT2D eigenvalue weighted by molar-refractivity contribution is -0.115. The summed E-state index contributed by atoms with van der Waals surface area (Å²) in [6, 6.07) is 7.43. The highest BCUT2D eigenvalue weighted by Gasteiger charge is 2.14. The van der Waals surface area contributed by atoms with Crippen LogP contribution in [0.2, 0.25) is 5.02 Å². The summed E-state index contributed by atoms with van der Waals surface area (Å²) in [7, 11) is 0. The van der Waals surface area contributed by atoms with Crippen molar-refractivity contribution in [3.63, 3.8) is 0 Å². The van der Waals surface area contributed by atoms with Crippen molar-refractivity contribution >= 4 is 17.4 Å². The van der Waals surface area contributed by atoms with Gasteiger partial charge in [0.1, 0.15) is 0 Å². The van der Waals surface area contributed by atoms with Gasteiger partial charge in [-0.15, -0.1) is 0 Å². The van der Waals surface area contributed by atoms with Crippen LogP contribution in [0.15, 0.2) is 36.1 Å². The number of carbonyl (C=O) groups is 1. The van der Waals surface area contributed by atoms with Gasteiger partial charge >= 0.3 is 0 Å². The van der Waals surface area contributed by atoms with Gasteiger partial charge in [-0.25, -0.2) is 0 Å². The third-order valence-corrected chi connectivity index (χ3v) is 2.97. The van der Waals surface area contributed by atoms with E-state index in [4.69, 9.17) is 16.3 Å². The number of rotatable bonds is 3. The average molecular weight is 237 g/mol. The molecule has 1 heterocycles. The highest BCUT2D eigenvalue weighted by atomic mass is 35.5. The summed E-state index contributed by atoms with van der Waals surface area (Å²) >= 11 is 6.00. The topological polar surface area (TPSA) is 26.3 Å². The summed E-state index contributed by atoms with van der Waals surface area (Å²) in [5, 5.41) is 0.646. The second-order valence-electron chi connectivity index (χ2n) is 3.81. The molecular formula is C13H13ClO2. The lowest BCUT2D eigenvalue weighted by Gasteiger charge is -2.12. The number of halogens is 1. The Morgan fingerprint density at radius 3 is 2.88 bits per heavy atom. The smallest absolute Gasteiger partial charge is 0.166 e. The highest BCUT2D eigenvalue weighted by Crippen LogP contribution is 2.19. The molecule has 2 nitrogen and oxygen atoms in total. The van der Waals surface area contributed by atoms with Gasteiger partial charge in [0, 0.05) is 17.0 Å². The van der Waals surface area contributed by atoms with Crippen LogP contribution in [-0.2, 0) is 16.0 Å². The van der Waals surface area contributed by atoms with Crippen LogP contribution in [0.1, 0.15) is 18.4 Å². The first-order valence-electron chi connectivity index (χ1n) is 5.34. The zero-order chi connectivity index (χ0) is 11.4. The Hall–Kier alpha value is -1.28. The first kappa shape index (κ1) is 11.2. The van der Waals surface area contributed by atoms with Gasteiger partial charge in [0.2, 0.25) is 0 Å². The zero-order valence-electron chi connectivity index (χ0n) is 8.91. The van der Waals surface area contributed by atoms with Crippen LogP contribution < -0.4 is 0 Å². The quantitative estimate of drug-likeness (QED) is 0.806. The SMILES string of the molecule is O=C(Cc1ccccc1Cl)C1=COCCC1. The molecule has 1 aromatic carbocycles. The Kier molecular flexibility index (Phi) is 3.62. The fourth-order valence-electron chi connectivity index (χ4n) is 1.70. The molecule has 0 saturated carbocycles. The van der Waals surface area contributed by atoms with Crippen molar-refractivity contribution in [2.24, 2.45) is 0 Å². The van der Waals surface area contributed by atoms with E-state index in [9.17, 15) is 4.79 Å². The molecule has 0 N–H and O–H groups in total. The molecule has 0 aliphatic carbocycles. The largest absolute Gasteiger partial charge is 0.501 e. The maximum absolute atomic E-state index is 11.9. The van der Waals surface area contributed by atoms with Crippen LogP contribution in [0.5, 0.6) is 0 Å². The Balaban J connectivity index is 2.07. The number of hydrogen-bond acceptors (Lipinski definition) is 2. The first-order chi connectivity index (χ1) is 7.77. The molecule has 2 rings (SSSR count). The van der Waals surface area contributed by atoms with E-state index in [2.05, 4.69) is 0 Å². The normalized spacial score (nSPS) is 15.2. The molecule has 0 fully saturated rings. The Labute approximate surface area is 99.9 Å². The fourth-order valence-corrected chi connectivity index (χ4v) is 1.90. The standard InChI is InChI=1S/C13H13ClO2/c14-12-6-2-1-4-10(12)8-13(15)11-5-3-7-16-9-11/h1-2,4,6,9H,3,5,7-8H2. The third-order valence-electron chi connectivity index (χ3n) is 2.60. The summed E-state index contributed by atoms with van der Waals surface area (Å²) in [6.07, 6.45) is 3.67. The van der Waals surface area contributed by atoms with Gasteiger partial charge in [0.25, 0.3) is 0 Å². The van der Waals surface area contributed by atoms with E-state index in [0.717, 1.165) is 24.0 Å². The van der Waals surface area contributed by atoms with Crippen molar-refractivity contribution < 1.29 is 9.53 Å². The van der Waals surface area contributed by atoms with Crippen LogP contribution in [0.3, 0.4) is 0 Å². The van der Waals surface area contributed by atoms with Crippen molar-refractivity contribution in [1.29, 1.82) is 0 Å². The van der Waals surface area contributed by atoms with Crippen molar-refractivity contribution in [2.75, 3.05) is 6.61 Å². The molecule has 3 heteroatoms. The first-order valence-corrected chi connectivity index (χ1v) is 5.72. The van der Waals surface area contributed by atoms with Gasteiger partial charge in [-0.2, -0.15) is 0 Å². The van der Waals surface area contributed by atoms with E-state index in [1.807, 2.05) is 18.2 Å². The van der Waals surface area contributed by atoms with E-state index in [1.54, 1.807) is 12.3 Å². The van der Waals surface area contributed by atoms with E-state index in [1.165, 1.54) is 0 Å². The molecule has 0 unspecified atom stereocenters. The van der Waals surface area contributed by atoms with Gasteiger partial charge in [0.05, 0.1) is 12.9 Å². The van der Waals surface area contributed by atoms with Crippen LogP contribution >= 0.6 is 11.6 Å². The van der Waals surface area contributed by atoms with E-state index in [-0.39, 0.29) is 5.78 Å². The number of ether oxygens (including phenoxy) is 1. The molecule has 0 radical (unpaired) electrons. The number of benzene rings is 1. The van der Waals surface area contributed by atoms with Crippen LogP contribution in [-0.4, -0.2) is 12.4 Å². The van der Waals surface area contributed by atoms with E-state index >= 15 is 0 Å². The van der Waals surface area contributed by atoms with Gasteiger partial charge in [-0.3, -0.25) is 4.79 Å². The van der Waals surface area contributed by atoms with Gasteiger partial charge in [-0.05, 0) is 24.5 Å². The second-order valence-corrected chi connectivity index (χ2v) is 4.22. The van der Waals surface area contributed by atoms with Crippen LogP contribution in [0.4, 0.5) is 0 Å². The lowest BCUT2D eigenvalue weighted by Crippen LogP contribution is -2.11. The summed E-state index contributed by atoms with van der Waals surface area (Å²) in [5.41, 5.74) is 1.65. The molecule has 84 valence electrons. The van der Waals surface area contributed by atoms with Crippen LogP contribution in [0, 0.1) is 0 Å². The number of ketones is 1. The summed E-state index contributed by atoms with van der Waals surface area (Å²) < 4.78 is 5.16. The van der Waals surface area contributed by atoms with E-state index < -0.39 is 0 Å². The monoisotopic (exact) mass is 236 g/mol. The molecule has 1 aliphatic heterocycles. The molecule has 0 spiro atoms. The number of allylic oxidation sites excluding steroid dienone is 1. The van der Waals surface area contributed by atoms with Crippen molar-refractivity contribution in [3.8, 4) is 0 Å². The Bertz CT molecular complexity index is 424.